The number of hydrogen-bond donors (Lipinski definition) is 1. The molecule has 2 rings (SSSR count). The molecule has 0 aromatic carbocycles. The summed E-state index contributed by atoms with van der Waals surface area (Å²) in [6.45, 7) is 3.73. The van der Waals surface area contributed by atoms with Crippen molar-refractivity contribution in [2.45, 2.75) is 37.8 Å². The summed E-state index contributed by atoms with van der Waals surface area (Å²) in [4.78, 5) is 4.03. The molecule has 1 aliphatic heterocycles. The van der Waals surface area contributed by atoms with Crippen LogP contribution in [0.5, 0.6) is 0 Å². The Kier molecular flexibility index (Phi) is 4.54. The maximum atomic E-state index is 12.4. The van der Waals surface area contributed by atoms with Crippen LogP contribution in [0.15, 0.2) is 23.4 Å². The second kappa shape index (κ2) is 5.98. The van der Waals surface area contributed by atoms with Gasteiger partial charge in [0, 0.05) is 25.8 Å². The molecule has 1 aliphatic rings. The number of sulfonamides is 1. The highest BCUT2D eigenvalue weighted by molar-refractivity contribution is 7.89. The predicted octanol–water partition coefficient (Wildman–Crippen LogP) is 1.35. The van der Waals surface area contributed by atoms with Crippen LogP contribution in [-0.2, 0) is 16.6 Å². The Labute approximate surface area is 114 Å². The van der Waals surface area contributed by atoms with Crippen LogP contribution in [0.25, 0.3) is 0 Å². The van der Waals surface area contributed by atoms with Crippen molar-refractivity contribution in [2.24, 2.45) is 11.7 Å². The first-order chi connectivity index (χ1) is 9.07. The summed E-state index contributed by atoms with van der Waals surface area (Å²) in [5.41, 5.74) is 6.32. The molecule has 106 valence electrons. The number of nitrogens with two attached hydrogens (primary N) is 1. The molecule has 0 radical (unpaired) electrons. The van der Waals surface area contributed by atoms with Gasteiger partial charge in [-0.25, -0.2) is 13.4 Å². The maximum absolute atomic E-state index is 12.4. The topological polar surface area (TPSA) is 76.3 Å². The van der Waals surface area contributed by atoms with Gasteiger partial charge in [-0.2, -0.15) is 4.31 Å². The molecule has 1 fully saturated rings. The molecule has 19 heavy (non-hydrogen) atoms. The van der Waals surface area contributed by atoms with E-state index >= 15 is 0 Å². The van der Waals surface area contributed by atoms with E-state index in [-0.39, 0.29) is 5.03 Å². The summed E-state index contributed by atoms with van der Waals surface area (Å²) in [6.07, 6.45) is 4.67. The summed E-state index contributed by atoms with van der Waals surface area (Å²) < 4.78 is 26.4. The van der Waals surface area contributed by atoms with E-state index < -0.39 is 10.0 Å². The van der Waals surface area contributed by atoms with Gasteiger partial charge in [-0.3, -0.25) is 0 Å². The van der Waals surface area contributed by atoms with Crippen molar-refractivity contribution in [1.29, 1.82) is 0 Å². The van der Waals surface area contributed by atoms with Gasteiger partial charge in [-0.15, -0.1) is 0 Å². The lowest BCUT2D eigenvalue weighted by atomic mass is 10.0. The van der Waals surface area contributed by atoms with Crippen molar-refractivity contribution in [3.8, 4) is 0 Å². The Morgan fingerprint density at radius 1 is 1.47 bits per heavy atom. The van der Waals surface area contributed by atoms with Crippen molar-refractivity contribution in [3.05, 3.63) is 23.9 Å². The van der Waals surface area contributed by atoms with Gasteiger partial charge in [0.05, 0.1) is 0 Å². The summed E-state index contributed by atoms with van der Waals surface area (Å²) in [7, 11) is -3.43. The minimum atomic E-state index is -3.43. The van der Waals surface area contributed by atoms with E-state index in [0.717, 1.165) is 24.8 Å². The number of nitrogens with zero attached hydrogens (tertiary/aromatic N) is 2. The van der Waals surface area contributed by atoms with Crippen molar-refractivity contribution in [3.63, 3.8) is 0 Å². The Bertz CT molecular complexity index is 513. The Balaban J connectivity index is 2.13. The molecule has 2 heterocycles. The summed E-state index contributed by atoms with van der Waals surface area (Å²) >= 11 is 0. The lowest BCUT2D eigenvalue weighted by Gasteiger charge is -2.16. The van der Waals surface area contributed by atoms with Gasteiger partial charge in [0.25, 0.3) is 10.0 Å². The maximum Gasteiger partial charge on any atom is 0.260 e. The zero-order valence-electron chi connectivity index (χ0n) is 11.2. The number of pyridine rings is 1. The second-order valence-electron chi connectivity index (χ2n) is 5.02. The molecule has 5 nitrogen and oxygen atoms in total. The molecular weight excluding hydrogens is 262 g/mol. The molecule has 0 spiro atoms. The zero-order valence-corrected chi connectivity index (χ0v) is 12.1. The van der Waals surface area contributed by atoms with Gasteiger partial charge < -0.3 is 5.73 Å². The summed E-state index contributed by atoms with van der Waals surface area (Å²) in [5.74, 6) is 0.489. The van der Waals surface area contributed by atoms with Gasteiger partial charge in [-0.05, 0) is 30.4 Å². The van der Waals surface area contributed by atoms with Crippen LogP contribution in [-0.4, -0.2) is 30.8 Å². The van der Waals surface area contributed by atoms with E-state index in [1.54, 1.807) is 16.4 Å². The molecule has 0 bridgehead atoms. The van der Waals surface area contributed by atoms with Crippen molar-refractivity contribution < 1.29 is 8.42 Å². The van der Waals surface area contributed by atoms with E-state index in [0.29, 0.717) is 25.6 Å². The number of rotatable bonds is 5. The van der Waals surface area contributed by atoms with Crippen LogP contribution in [0.2, 0.25) is 0 Å². The largest absolute Gasteiger partial charge is 0.326 e. The number of hydrogen-bond acceptors (Lipinski definition) is 4. The molecule has 0 aliphatic carbocycles. The predicted molar refractivity (Wildman–Crippen MR) is 73.9 cm³/mol. The molecule has 2 N–H and O–H groups in total. The van der Waals surface area contributed by atoms with Crippen molar-refractivity contribution in [2.75, 3.05) is 13.1 Å². The van der Waals surface area contributed by atoms with Gasteiger partial charge in [0.1, 0.15) is 0 Å². The fourth-order valence-electron chi connectivity index (χ4n) is 2.48. The lowest BCUT2D eigenvalue weighted by Crippen LogP contribution is -2.29. The van der Waals surface area contributed by atoms with Crippen LogP contribution in [0.1, 0.15) is 31.7 Å². The Hall–Kier alpha value is -0.980. The van der Waals surface area contributed by atoms with Gasteiger partial charge in [-0.1, -0.05) is 19.4 Å². The third kappa shape index (κ3) is 3.13. The fourth-order valence-corrected chi connectivity index (χ4v) is 3.92. The molecule has 1 unspecified atom stereocenters. The Morgan fingerprint density at radius 2 is 2.26 bits per heavy atom. The molecular formula is C13H21N3O2S. The molecule has 1 saturated heterocycles. The normalized spacial score (nSPS) is 20.8. The van der Waals surface area contributed by atoms with Crippen molar-refractivity contribution >= 4 is 10.0 Å². The van der Waals surface area contributed by atoms with E-state index in [4.69, 9.17) is 5.73 Å². The zero-order chi connectivity index (χ0) is 13.9. The van der Waals surface area contributed by atoms with Crippen molar-refractivity contribution in [1.82, 2.24) is 9.29 Å². The average Bonchev–Trinajstić information content (AvgIpc) is 2.89. The monoisotopic (exact) mass is 283 g/mol. The quantitative estimate of drug-likeness (QED) is 0.885. The first-order valence-electron chi connectivity index (χ1n) is 6.73. The van der Waals surface area contributed by atoms with E-state index in [1.807, 2.05) is 0 Å². The Morgan fingerprint density at radius 3 is 2.84 bits per heavy atom. The second-order valence-corrected chi connectivity index (χ2v) is 6.90. The third-order valence-corrected chi connectivity index (χ3v) is 5.36. The van der Waals surface area contributed by atoms with E-state index in [9.17, 15) is 8.42 Å². The van der Waals surface area contributed by atoms with Crippen LogP contribution >= 0.6 is 0 Å². The highest BCUT2D eigenvalue weighted by Gasteiger charge is 2.32. The van der Waals surface area contributed by atoms with Gasteiger partial charge in [0.2, 0.25) is 0 Å². The van der Waals surface area contributed by atoms with Crippen LogP contribution < -0.4 is 5.73 Å². The molecule has 1 aromatic rings. The fraction of sp³-hybridized carbons (Fsp3) is 0.615. The van der Waals surface area contributed by atoms with E-state index in [2.05, 4.69) is 11.9 Å². The number of aromatic nitrogens is 1. The first-order valence-corrected chi connectivity index (χ1v) is 8.17. The average molecular weight is 283 g/mol. The standard InChI is InChI=1S/C13H21N3O2S/c1-2-3-11-6-7-16(10-11)19(17,18)13-5-4-12(8-14)9-15-13/h4-5,9,11H,2-3,6-8,10,14H2,1H3. The van der Waals surface area contributed by atoms with Crippen LogP contribution in [0.3, 0.4) is 0 Å². The van der Waals surface area contributed by atoms with Gasteiger partial charge >= 0.3 is 0 Å². The third-order valence-electron chi connectivity index (χ3n) is 3.58. The minimum Gasteiger partial charge on any atom is -0.326 e. The highest BCUT2D eigenvalue weighted by atomic mass is 32.2. The summed E-state index contributed by atoms with van der Waals surface area (Å²) in [6, 6.07) is 3.27. The molecule has 0 saturated carbocycles. The summed E-state index contributed by atoms with van der Waals surface area (Å²) in [5, 5.41) is 0.127. The molecule has 1 aromatic heterocycles. The molecule has 6 heteroatoms. The smallest absolute Gasteiger partial charge is 0.260 e. The lowest BCUT2D eigenvalue weighted by molar-refractivity contribution is 0.442. The highest BCUT2D eigenvalue weighted by Crippen LogP contribution is 2.26. The molecule has 1 atom stereocenters. The van der Waals surface area contributed by atoms with Crippen LogP contribution in [0, 0.1) is 5.92 Å². The van der Waals surface area contributed by atoms with Crippen LogP contribution in [0.4, 0.5) is 0 Å². The van der Waals surface area contributed by atoms with E-state index in [1.165, 1.54) is 6.20 Å². The SMILES string of the molecule is CCCC1CCN(S(=O)(=O)c2ccc(CN)cn2)C1. The van der Waals surface area contributed by atoms with Gasteiger partial charge in [0.15, 0.2) is 5.03 Å². The minimum absolute atomic E-state index is 0.127. The molecule has 0 amide bonds. The first kappa shape index (κ1) is 14.4.